The second-order valence-electron chi connectivity index (χ2n) is 4.59. The molecule has 1 N–H and O–H groups in total. The molecule has 0 aliphatic heterocycles. The molecule has 3 heteroatoms. The molecule has 2 unspecified atom stereocenters. The summed E-state index contributed by atoms with van der Waals surface area (Å²) < 4.78 is 26.0. The molecule has 0 bridgehead atoms. The Morgan fingerprint density at radius 3 is 2.71 bits per heavy atom. The minimum absolute atomic E-state index is 0.433. The van der Waals surface area contributed by atoms with Crippen LogP contribution in [0.5, 0.6) is 0 Å². The molecule has 0 aromatic rings. The minimum atomic E-state index is -2.23. The first kappa shape index (κ1) is 11.9. The third kappa shape index (κ3) is 2.66. The second-order valence-corrected chi connectivity index (χ2v) is 4.59. The maximum absolute atomic E-state index is 13.0. The van der Waals surface area contributed by atoms with Crippen LogP contribution >= 0.6 is 0 Å². The van der Waals surface area contributed by atoms with Crippen molar-refractivity contribution >= 4 is 0 Å². The quantitative estimate of drug-likeness (QED) is 0.743. The van der Waals surface area contributed by atoms with E-state index in [4.69, 9.17) is 0 Å². The van der Waals surface area contributed by atoms with Crippen LogP contribution in [0.1, 0.15) is 46.0 Å². The van der Waals surface area contributed by atoms with Gasteiger partial charge < -0.3 is 5.32 Å². The fourth-order valence-electron chi connectivity index (χ4n) is 2.40. The first-order chi connectivity index (χ1) is 6.60. The Labute approximate surface area is 85.3 Å². The SMILES string of the molecule is CCCNC1(C(F)F)CCCC(C)C1. The third-order valence-corrected chi connectivity index (χ3v) is 3.18. The van der Waals surface area contributed by atoms with Crippen LogP contribution in [-0.2, 0) is 0 Å². The molecule has 0 heterocycles. The second kappa shape index (κ2) is 5.06. The van der Waals surface area contributed by atoms with Crippen LogP contribution in [0.4, 0.5) is 8.78 Å². The van der Waals surface area contributed by atoms with Gasteiger partial charge in [0.25, 0.3) is 6.43 Å². The molecule has 1 aliphatic rings. The van der Waals surface area contributed by atoms with E-state index < -0.39 is 12.0 Å². The van der Waals surface area contributed by atoms with Gasteiger partial charge in [0.05, 0.1) is 5.54 Å². The molecular formula is C11H21F2N. The van der Waals surface area contributed by atoms with Crippen LogP contribution in [0, 0.1) is 5.92 Å². The molecule has 1 fully saturated rings. The number of hydrogen-bond acceptors (Lipinski definition) is 1. The van der Waals surface area contributed by atoms with Gasteiger partial charge in [-0.25, -0.2) is 8.78 Å². The summed E-state index contributed by atoms with van der Waals surface area (Å²) in [4.78, 5) is 0. The summed E-state index contributed by atoms with van der Waals surface area (Å²) in [5.74, 6) is 0.433. The van der Waals surface area contributed by atoms with Crippen molar-refractivity contribution < 1.29 is 8.78 Å². The van der Waals surface area contributed by atoms with Crippen molar-refractivity contribution in [2.75, 3.05) is 6.54 Å². The molecule has 0 radical (unpaired) electrons. The maximum atomic E-state index is 13.0. The van der Waals surface area contributed by atoms with Gasteiger partial charge in [0.1, 0.15) is 0 Å². The zero-order valence-electron chi connectivity index (χ0n) is 9.15. The van der Waals surface area contributed by atoms with E-state index >= 15 is 0 Å². The monoisotopic (exact) mass is 205 g/mol. The lowest BCUT2D eigenvalue weighted by Crippen LogP contribution is -2.54. The third-order valence-electron chi connectivity index (χ3n) is 3.18. The molecule has 0 aromatic carbocycles. The molecular weight excluding hydrogens is 184 g/mol. The lowest BCUT2D eigenvalue weighted by molar-refractivity contribution is -0.00463. The number of alkyl halides is 2. The van der Waals surface area contributed by atoms with Gasteiger partial charge in [0.15, 0.2) is 0 Å². The Bertz CT molecular complexity index is 173. The van der Waals surface area contributed by atoms with Crippen molar-refractivity contribution in [3.63, 3.8) is 0 Å². The standard InChI is InChI=1S/C11H21F2N/c1-3-7-14-11(10(12)13)6-4-5-9(2)8-11/h9-10,14H,3-8H2,1-2H3. The number of hydrogen-bond donors (Lipinski definition) is 1. The molecule has 0 aromatic heterocycles. The molecule has 84 valence electrons. The van der Waals surface area contributed by atoms with E-state index in [1.807, 2.05) is 6.92 Å². The highest BCUT2D eigenvalue weighted by Gasteiger charge is 2.42. The molecule has 0 saturated heterocycles. The highest BCUT2D eigenvalue weighted by molar-refractivity contribution is 4.94. The van der Waals surface area contributed by atoms with Crippen molar-refractivity contribution in [3.05, 3.63) is 0 Å². The van der Waals surface area contributed by atoms with E-state index in [2.05, 4.69) is 12.2 Å². The summed E-state index contributed by atoms with van der Waals surface area (Å²) in [6.45, 7) is 4.79. The van der Waals surface area contributed by atoms with Crippen LogP contribution in [-0.4, -0.2) is 18.5 Å². The molecule has 14 heavy (non-hydrogen) atoms. The highest BCUT2D eigenvalue weighted by Crippen LogP contribution is 2.36. The Kier molecular flexibility index (Phi) is 4.30. The lowest BCUT2D eigenvalue weighted by atomic mass is 9.76. The number of halogens is 2. The first-order valence-corrected chi connectivity index (χ1v) is 5.64. The largest absolute Gasteiger partial charge is 0.306 e. The zero-order chi connectivity index (χ0) is 10.6. The highest BCUT2D eigenvalue weighted by atomic mass is 19.3. The average molecular weight is 205 g/mol. The van der Waals surface area contributed by atoms with Gasteiger partial charge in [0.2, 0.25) is 0 Å². The smallest absolute Gasteiger partial charge is 0.256 e. The van der Waals surface area contributed by atoms with Crippen LogP contribution in [0.15, 0.2) is 0 Å². The Morgan fingerprint density at radius 2 is 2.21 bits per heavy atom. The summed E-state index contributed by atoms with van der Waals surface area (Å²) in [7, 11) is 0. The van der Waals surface area contributed by atoms with Crippen molar-refractivity contribution in [2.24, 2.45) is 5.92 Å². The van der Waals surface area contributed by atoms with E-state index in [1.54, 1.807) is 0 Å². The van der Waals surface area contributed by atoms with E-state index in [0.29, 0.717) is 25.3 Å². The fourth-order valence-corrected chi connectivity index (χ4v) is 2.40. The lowest BCUT2D eigenvalue weighted by Gasteiger charge is -2.40. The molecule has 1 saturated carbocycles. The topological polar surface area (TPSA) is 12.0 Å². The predicted octanol–water partition coefficient (Wildman–Crippen LogP) is 3.20. The van der Waals surface area contributed by atoms with Crippen LogP contribution in [0.2, 0.25) is 0 Å². The summed E-state index contributed by atoms with van der Waals surface area (Å²) in [5.41, 5.74) is -0.881. The van der Waals surface area contributed by atoms with Gasteiger partial charge >= 0.3 is 0 Å². The first-order valence-electron chi connectivity index (χ1n) is 5.64. The van der Waals surface area contributed by atoms with Gasteiger partial charge in [-0.05, 0) is 31.7 Å². The van der Waals surface area contributed by atoms with Crippen molar-refractivity contribution in [2.45, 2.75) is 57.9 Å². The van der Waals surface area contributed by atoms with Crippen molar-refractivity contribution in [1.29, 1.82) is 0 Å². The molecule has 2 atom stereocenters. The average Bonchev–Trinajstić information content (AvgIpc) is 2.14. The Balaban J connectivity index is 2.60. The maximum Gasteiger partial charge on any atom is 0.256 e. The van der Waals surface area contributed by atoms with Crippen LogP contribution in [0.25, 0.3) is 0 Å². The van der Waals surface area contributed by atoms with Gasteiger partial charge in [-0.1, -0.05) is 26.7 Å². The van der Waals surface area contributed by atoms with Crippen LogP contribution in [0.3, 0.4) is 0 Å². The predicted molar refractivity (Wildman–Crippen MR) is 54.7 cm³/mol. The van der Waals surface area contributed by atoms with Gasteiger partial charge in [0, 0.05) is 0 Å². The normalized spacial score (nSPS) is 33.6. The van der Waals surface area contributed by atoms with Crippen molar-refractivity contribution in [1.82, 2.24) is 5.32 Å². The Morgan fingerprint density at radius 1 is 1.50 bits per heavy atom. The van der Waals surface area contributed by atoms with Gasteiger partial charge in [-0.2, -0.15) is 0 Å². The van der Waals surface area contributed by atoms with E-state index in [0.717, 1.165) is 19.3 Å². The van der Waals surface area contributed by atoms with Gasteiger partial charge in [-0.3, -0.25) is 0 Å². The molecule has 1 rings (SSSR count). The Hall–Kier alpha value is -0.180. The van der Waals surface area contributed by atoms with E-state index in [-0.39, 0.29) is 0 Å². The summed E-state index contributed by atoms with van der Waals surface area (Å²) in [6.07, 6.45) is 1.99. The fraction of sp³-hybridized carbons (Fsp3) is 1.00. The summed E-state index contributed by atoms with van der Waals surface area (Å²) in [5, 5.41) is 3.06. The van der Waals surface area contributed by atoms with Crippen LogP contribution < -0.4 is 5.32 Å². The summed E-state index contributed by atoms with van der Waals surface area (Å²) in [6, 6.07) is 0. The molecule has 0 spiro atoms. The van der Waals surface area contributed by atoms with E-state index in [1.165, 1.54) is 0 Å². The molecule has 0 amide bonds. The summed E-state index contributed by atoms with van der Waals surface area (Å²) >= 11 is 0. The number of nitrogens with one attached hydrogen (secondary N) is 1. The molecule has 1 nitrogen and oxygen atoms in total. The molecule has 1 aliphatic carbocycles. The zero-order valence-corrected chi connectivity index (χ0v) is 9.15. The number of rotatable bonds is 4. The van der Waals surface area contributed by atoms with E-state index in [9.17, 15) is 8.78 Å². The van der Waals surface area contributed by atoms with Crippen molar-refractivity contribution in [3.8, 4) is 0 Å². The van der Waals surface area contributed by atoms with Gasteiger partial charge in [-0.15, -0.1) is 0 Å². The minimum Gasteiger partial charge on any atom is -0.306 e.